The molecule has 3 rings (SSSR count). The lowest BCUT2D eigenvalue weighted by Crippen LogP contribution is -2.13. The van der Waals surface area contributed by atoms with Gasteiger partial charge in [-0.15, -0.1) is 0 Å². The number of ether oxygens (including phenoxy) is 3. The third-order valence-corrected chi connectivity index (χ3v) is 3.81. The molecule has 0 aliphatic heterocycles. The van der Waals surface area contributed by atoms with Crippen molar-refractivity contribution in [2.24, 2.45) is 0 Å². The van der Waals surface area contributed by atoms with Crippen LogP contribution in [0.4, 0.5) is 5.95 Å². The number of anilines is 1. The van der Waals surface area contributed by atoms with Crippen molar-refractivity contribution in [2.75, 3.05) is 26.1 Å². The molecule has 2 heterocycles. The maximum absolute atomic E-state index is 11.8. The number of imidazole rings is 1. The summed E-state index contributed by atoms with van der Waals surface area (Å²) in [6, 6.07) is 4.68. The molecule has 0 saturated heterocycles. The lowest BCUT2D eigenvalue weighted by atomic mass is 10.2. The van der Waals surface area contributed by atoms with E-state index in [-0.39, 0.29) is 37.2 Å². The summed E-state index contributed by atoms with van der Waals surface area (Å²) < 4.78 is 17.0. The fourth-order valence-electron chi connectivity index (χ4n) is 2.44. The number of nitrogens with one attached hydrogen (secondary N) is 1. The van der Waals surface area contributed by atoms with Crippen LogP contribution in [0.2, 0.25) is 0 Å². The van der Waals surface area contributed by atoms with E-state index < -0.39 is 11.5 Å². The van der Waals surface area contributed by atoms with Crippen molar-refractivity contribution in [3.8, 4) is 11.5 Å². The van der Waals surface area contributed by atoms with E-state index in [9.17, 15) is 14.7 Å². The number of H-pyrrole nitrogens is 1. The zero-order chi connectivity index (χ0) is 20.8. The van der Waals surface area contributed by atoms with Crippen molar-refractivity contribution in [3.05, 3.63) is 46.5 Å². The molecule has 11 nitrogen and oxygen atoms in total. The van der Waals surface area contributed by atoms with Crippen LogP contribution in [0.1, 0.15) is 5.56 Å². The lowest BCUT2D eigenvalue weighted by Gasteiger charge is -2.06. The number of nitrogens with zero attached hydrogens (tertiary/aromatic N) is 3. The zero-order valence-corrected chi connectivity index (χ0v) is 15.5. The first-order valence-electron chi connectivity index (χ1n) is 8.48. The monoisotopic (exact) mass is 401 g/mol. The summed E-state index contributed by atoms with van der Waals surface area (Å²) >= 11 is 0. The Morgan fingerprint density at radius 3 is 3.00 bits per heavy atom. The molecular weight excluding hydrogens is 382 g/mol. The molecule has 29 heavy (non-hydrogen) atoms. The molecule has 2 aromatic heterocycles. The predicted molar refractivity (Wildman–Crippen MR) is 103 cm³/mol. The van der Waals surface area contributed by atoms with Crippen LogP contribution in [0.5, 0.6) is 11.5 Å². The molecule has 0 aliphatic rings. The first-order chi connectivity index (χ1) is 14.0. The van der Waals surface area contributed by atoms with E-state index in [0.717, 1.165) is 0 Å². The summed E-state index contributed by atoms with van der Waals surface area (Å²) in [5.74, 6) is -0.248. The number of carbonyl (C=O) groups is 1. The number of phenolic OH excluding ortho intramolecular Hbond substituents is 1. The molecule has 0 amide bonds. The molecule has 4 N–H and O–H groups in total. The van der Waals surface area contributed by atoms with Gasteiger partial charge in [0.1, 0.15) is 13.3 Å². The molecule has 0 radical (unpaired) electrons. The summed E-state index contributed by atoms with van der Waals surface area (Å²) in [6.07, 6.45) is 4.21. The molecule has 11 heteroatoms. The van der Waals surface area contributed by atoms with Gasteiger partial charge in [-0.05, 0) is 23.8 Å². The minimum absolute atomic E-state index is 0.0116. The van der Waals surface area contributed by atoms with Gasteiger partial charge in [0.25, 0.3) is 5.56 Å². The van der Waals surface area contributed by atoms with Crippen molar-refractivity contribution >= 4 is 29.2 Å². The van der Waals surface area contributed by atoms with E-state index in [0.29, 0.717) is 17.0 Å². The van der Waals surface area contributed by atoms with Crippen molar-refractivity contribution in [1.29, 1.82) is 0 Å². The Hall–Kier alpha value is -3.86. The fraction of sp³-hybridized carbons (Fsp3) is 0.222. The molecule has 0 fully saturated rings. The quantitative estimate of drug-likeness (QED) is 0.280. The number of rotatable bonds is 8. The Balaban J connectivity index is 1.45. The zero-order valence-electron chi connectivity index (χ0n) is 15.5. The predicted octanol–water partition coefficient (Wildman–Crippen LogP) is 0.647. The van der Waals surface area contributed by atoms with Gasteiger partial charge in [-0.3, -0.25) is 14.3 Å². The van der Waals surface area contributed by atoms with Crippen LogP contribution in [0.25, 0.3) is 17.2 Å². The van der Waals surface area contributed by atoms with Crippen molar-refractivity contribution in [2.45, 2.75) is 6.73 Å². The number of nitrogen functional groups attached to an aromatic ring is 1. The number of aromatic amines is 1. The summed E-state index contributed by atoms with van der Waals surface area (Å²) in [5.41, 5.74) is 6.22. The van der Waals surface area contributed by atoms with Gasteiger partial charge in [-0.25, -0.2) is 9.78 Å². The highest BCUT2D eigenvalue weighted by Gasteiger charge is 2.09. The Kier molecular flexibility index (Phi) is 6.09. The highest BCUT2D eigenvalue weighted by atomic mass is 16.6. The number of hydrogen-bond acceptors (Lipinski definition) is 9. The molecule has 152 valence electrons. The maximum Gasteiger partial charge on any atom is 0.330 e. The third-order valence-electron chi connectivity index (χ3n) is 3.81. The molecule has 3 aromatic rings. The number of benzene rings is 1. The average molecular weight is 401 g/mol. The van der Waals surface area contributed by atoms with Crippen LogP contribution < -0.4 is 16.0 Å². The molecule has 0 aliphatic carbocycles. The summed E-state index contributed by atoms with van der Waals surface area (Å²) in [7, 11) is 1.44. The number of hydrogen-bond donors (Lipinski definition) is 3. The van der Waals surface area contributed by atoms with E-state index in [4.69, 9.17) is 19.9 Å². The molecule has 0 spiro atoms. The number of aromatic hydroxyl groups is 1. The van der Waals surface area contributed by atoms with Crippen LogP contribution in [0, 0.1) is 0 Å². The van der Waals surface area contributed by atoms with E-state index in [1.807, 2.05) is 0 Å². The van der Waals surface area contributed by atoms with E-state index >= 15 is 0 Å². The normalized spacial score (nSPS) is 11.2. The van der Waals surface area contributed by atoms with Gasteiger partial charge in [0.05, 0.1) is 20.0 Å². The van der Waals surface area contributed by atoms with Gasteiger partial charge in [-0.1, -0.05) is 6.07 Å². The van der Waals surface area contributed by atoms with Crippen LogP contribution in [-0.4, -0.2) is 50.9 Å². The first-order valence-corrected chi connectivity index (χ1v) is 8.48. The fourth-order valence-corrected chi connectivity index (χ4v) is 2.44. The Labute approximate surface area is 164 Å². The number of esters is 1. The topological polar surface area (TPSA) is 155 Å². The second-order valence-electron chi connectivity index (χ2n) is 5.81. The number of aromatic nitrogens is 4. The maximum atomic E-state index is 11.8. The van der Waals surface area contributed by atoms with E-state index in [1.54, 1.807) is 12.1 Å². The van der Waals surface area contributed by atoms with Crippen molar-refractivity contribution in [1.82, 2.24) is 19.5 Å². The molecule has 1 aromatic carbocycles. The van der Waals surface area contributed by atoms with Gasteiger partial charge in [0.2, 0.25) is 5.95 Å². The van der Waals surface area contributed by atoms with E-state index in [1.165, 1.54) is 36.2 Å². The molecule has 0 saturated carbocycles. The number of fused-ring (bicyclic) bond motifs is 1. The number of methoxy groups -OCH3 is 1. The Morgan fingerprint density at radius 2 is 2.21 bits per heavy atom. The van der Waals surface area contributed by atoms with Gasteiger partial charge in [-0.2, -0.15) is 4.98 Å². The van der Waals surface area contributed by atoms with Gasteiger partial charge < -0.3 is 25.1 Å². The highest BCUT2D eigenvalue weighted by molar-refractivity contribution is 5.87. The molecular formula is C18H19N5O6. The lowest BCUT2D eigenvalue weighted by molar-refractivity contribution is -0.139. The largest absolute Gasteiger partial charge is 0.504 e. The smallest absolute Gasteiger partial charge is 0.330 e. The highest BCUT2D eigenvalue weighted by Crippen LogP contribution is 2.26. The van der Waals surface area contributed by atoms with Gasteiger partial charge in [0.15, 0.2) is 22.7 Å². The Bertz CT molecular complexity index is 1100. The van der Waals surface area contributed by atoms with Crippen LogP contribution in [0.15, 0.2) is 35.4 Å². The average Bonchev–Trinajstić information content (AvgIpc) is 3.10. The van der Waals surface area contributed by atoms with E-state index in [2.05, 4.69) is 15.0 Å². The molecule has 0 atom stereocenters. The third kappa shape index (κ3) is 4.90. The van der Waals surface area contributed by atoms with Crippen molar-refractivity contribution < 1.29 is 24.1 Å². The summed E-state index contributed by atoms with van der Waals surface area (Å²) in [5, 5.41) is 9.55. The number of carbonyl (C=O) groups excluding carboxylic acids is 1. The number of phenols is 1. The second kappa shape index (κ2) is 8.89. The van der Waals surface area contributed by atoms with Crippen LogP contribution in [-0.2, 0) is 21.0 Å². The summed E-state index contributed by atoms with van der Waals surface area (Å²) in [4.78, 5) is 33.8. The van der Waals surface area contributed by atoms with Crippen LogP contribution >= 0.6 is 0 Å². The van der Waals surface area contributed by atoms with Crippen molar-refractivity contribution in [3.63, 3.8) is 0 Å². The first kappa shape index (κ1) is 19.9. The summed E-state index contributed by atoms with van der Waals surface area (Å²) in [6.45, 7) is 0.225. The van der Waals surface area contributed by atoms with Gasteiger partial charge >= 0.3 is 5.97 Å². The molecule has 0 bridgehead atoms. The Morgan fingerprint density at radius 1 is 1.38 bits per heavy atom. The minimum atomic E-state index is -0.547. The second-order valence-corrected chi connectivity index (χ2v) is 5.81. The standard InChI is InChI=1S/C18H19N5O6/c1-27-13-8-11(2-4-12(13)24)3-5-14(25)29-7-6-28-10-23-9-20-15-16(23)21-18(19)22-17(15)26/h2-5,8-9,24H,6-7,10H2,1H3,(H3,19,21,22,26)/b5-3+. The van der Waals surface area contributed by atoms with Crippen LogP contribution in [0.3, 0.4) is 0 Å². The molecule has 0 unspecified atom stereocenters. The SMILES string of the molecule is COc1cc(/C=C/C(=O)OCCOCn2cnc3c(=O)[nH]c(N)nc32)ccc1O. The van der Waals surface area contributed by atoms with Gasteiger partial charge in [0, 0.05) is 6.08 Å². The number of nitrogens with two attached hydrogens (primary N) is 1. The minimum Gasteiger partial charge on any atom is -0.504 e.